The highest BCUT2D eigenvalue weighted by Crippen LogP contribution is 2.44. The summed E-state index contributed by atoms with van der Waals surface area (Å²) in [6.45, 7) is 7.02. The minimum Gasteiger partial charge on any atom is -0.493 e. The van der Waals surface area contributed by atoms with Gasteiger partial charge in [-0.15, -0.1) is 0 Å². The lowest BCUT2D eigenvalue weighted by atomic mass is 10.1. The van der Waals surface area contributed by atoms with Gasteiger partial charge in [0.1, 0.15) is 12.4 Å². The fourth-order valence-corrected chi connectivity index (χ4v) is 4.56. The molecule has 2 aromatic rings. The second-order valence-electron chi connectivity index (χ2n) is 6.03. The zero-order chi connectivity index (χ0) is 17.6. The number of ether oxygens (including phenoxy) is 1. The topological polar surface area (TPSA) is 60.7 Å². The lowest BCUT2D eigenvalue weighted by Gasteiger charge is -2.18. The van der Waals surface area contributed by atoms with Crippen molar-refractivity contribution in [2.24, 2.45) is 0 Å². The predicted molar refractivity (Wildman–Crippen MR) is 98.0 cm³/mol. The van der Waals surface area contributed by atoms with Crippen LogP contribution in [-0.4, -0.2) is 19.8 Å². The van der Waals surface area contributed by atoms with Gasteiger partial charge in [0.25, 0.3) is 7.52 Å². The number of nitrogens with one attached hydrogen (secondary N) is 1. The molecule has 5 nitrogen and oxygen atoms in total. The van der Waals surface area contributed by atoms with E-state index in [0.29, 0.717) is 29.8 Å². The first-order valence-corrected chi connectivity index (χ1v) is 10.4. The molecule has 0 fully saturated rings. The van der Waals surface area contributed by atoms with Gasteiger partial charge in [0.2, 0.25) is 0 Å². The summed E-state index contributed by atoms with van der Waals surface area (Å²) in [5.74, 6) is 1.36. The van der Waals surface area contributed by atoms with E-state index in [-0.39, 0.29) is 6.61 Å². The number of methoxy groups -OCH3 is 1. The van der Waals surface area contributed by atoms with E-state index in [1.165, 1.54) is 0 Å². The molecule has 1 aromatic heterocycles. The van der Waals surface area contributed by atoms with Crippen molar-refractivity contribution in [3.05, 3.63) is 29.5 Å². The van der Waals surface area contributed by atoms with Gasteiger partial charge in [-0.05, 0) is 43.5 Å². The normalized spacial score (nSPS) is 14.0. The first-order valence-electron chi connectivity index (χ1n) is 8.57. The molecule has 6 heteroatoms. The molecule has 1 unspecified atom stereocenters. The van der Waals surface area contributed by atoms with Gasteiger partial charge >= 0.3 is 0 Å². The number of fused-ring (bicyclic) bond motifs is 1. The van der Waals surface area contributed by atoms with Gasteiger partial charge in [0.05, 0.1) is 7.11 Å². The Morgan fingerprint density at radius 3 is 2.67 bits per heavy atom. The summed E-state index contributed by atoms with van der Waals surface area (Å²) in [5, 5.41) is 4.05. The third-order valence-corrected chi connectivity index (χ3v) is 5.98. The molecule has 0 aliphatic heterocycles. The minimum absolute atomic E-state index is 0.189. The Hall–Kier alpha value is -1.29. The standard InChI is InChI=1S/C18H28NO4P/c1-5-7-9-24(20,19-8-6-2)22-13-16-12-15-10-14(3)11-17(21-4)18(15)23-16/h10-12H,5-9,13H2,1-4H3,(H,19,20). The van der Waals surface area contributed by atoms with Gasteiger partial charge in [-0.3, -0.25) is 4.57 Å². The smallest absolute Gasteiger partial charge is 0.270 e. The van der Waals surface area contributed by atoms with Crippen LogP contribution in [0.25, 0.3) is 11.0 Å². The maximum atomic E-state index is 12.9. The van der Waals surface area contributed by atoms with Crippen molar-refractivity contribution in [3.8, 4) is 5.75 Å². The van der Waals surface area contributed by atoms with Crippen molar-refractivity contribution in [3.63, 3.8) is 0 Å². The molecule has 1 atom stereocenters. The molecule has 1 aromatic carbocycles. The lowest BCUT2D eigenvalue weighted by molar-refractivity contribution is 0.266. The fraction of sp³-hybridized carbons (Fsp3) is 0.556. The lowest BCUT2D eigenvalue weighted by Crippen LogP contribution is -2.16. The first kappa shape index (κ1) is 19.0. The molecule has 0 amide bonds. The maximum Gasteiger partial charge on any atom is 0.270 e. The van der Waals surface area contributed by atoms with Gasteiger partial charge in [0, 0.05) is 18.1 Å². The number of hydrogen-bond donors (Lipinski definition) is 1. The second kappa shape index (κ2) is 8.70. The van der Waals surface area contributed by atoms with Crippen LogP contribution in [0.5, 0.6) is 5.75 Å². The quantitative estimate of drug-likeness (QED) is 0.590. The van der Waals surface area contributed by atoms with Crippen LogP contribution < -0.4 is 9.82 Å². The van der Waals surface area contributed by atoms with Crippen LogP contribution in [0.3, 0.4) is 0 Å². The first-order chi connectivity index (χ1) is 11.5. The van der Waals surface area contributed by atoms with Crippen LogP contribution >= 0.6 is 7.52 Å². The van der Waals surface area contributed by atoms with Crippen LogP contribution in [0.15, 0.2) is 22.6 Å². The van der Waals surface area contributed by atoms with E-state index in [2.05, 4.69) is 12.0 Å². The molecule has 1 heterocycles. The van der Waals surface area contributed by atoms with Crippen molar-refractivity contribution in [1.82, 2.24) is 5.09 Å². The van der Waals surface area contributed by atoms with Gasteiger partial charge in [-0.25, -0.2) is 5.09 Å². The van der Waals surface area contributed by atoms with E-state index in [0.717, 1.165) is 30.2 Å². The fourth-order valence-electron chi connectivity index (χ4n) is 2.55. The zero-order valence-corrected chi connectivity index (χ0v) is 15.9. The van der Waals surface area contributed by atoms with Crippen molar-refractivity contribution in [1.29, 1.82) is 0 Å². The third-order valence-electron chi connectivity index (χ3n) is 3.82. The van der Waals surface area contributed by atoms with E-state index in [1.54, 1.807) is 7.11 Å². The van der Waals surface area contributed by atoms with Crippen molar-refractivity contribution < 1.29 is 18.2 Å². The minimum atomic E-state index is -2.83. The molecule has 0 aliphatic rings. The third kappa shape index (κ3) is 4.85. The Balaban J connectivity index is 2.14. The molecule has 0 aliphatic carbocycles. The Labute approximate surface area is 144 Å². The largest absolute Gasteiger partial charge is 0.493 e. The highest BCUT2D eigenvalue weighted by atomic mass is 31.2. The summed E-state index contributed by atoms with van der Waals surface area (Å²) in [4.78, 5) is 0. The van der Waals surface area contributed by atoms with Gasteiger partial charge < -0.3 is 13.7 Å². The maximum absolute atomic E-state index is 12.9. The van der Waals surface area contributed by atoms with Crippen LogP contribution in [0.2, 0.25) is 0 Å². The Morgan fingerprint density at radius 2 is 2.00 bits per heavy atom. The summed E-state index contributed by atoms with van der Waals surface area (Å²) >= 11 is 0. The van der Waals surface area contributed by atoms with Crippen LogP contribution in [-0.2, 0) is 15.7 Å². The summed E-state index contributed by atoms with van der Waals surface area (Å²) in [6.07, 6.45) is 3.33. The van der Waals surface area contributed by atoms with Crippen LogP contribution in [0.4, 0.5) is 0 Å². The molecular weight excluding hydrogens is 325 g/mol. The van der Waals surface area contributed by atoms with E-state index in [9.17, 15) is 4.57 Å². The summed E-state index contributed by atoms with van der Waals surface area (Å²) in [6, 6.07) is 5.90. The molecule has 0 saturated carbocycles. The van der Waals surface area contributed by atoms with E-state index >= 15 is 0 Å². The van der Waals surface area contributed by atoms with Gasteiger partial charge in [0.15, 0.2) is 11.3 Å². The number of rotatable bonds is 10. The molecule has 0 bridgehead atoms. The zero-order valence-electron chi connectivity index (χ0n) is 15.1. The highest BCUT2D eigenvalue weighted by Gasteiger charge is 2.22. The molecule has 0 radical (unpaired) electrons. The summed E-state index contributed by atoms with van der Waals surface area (Å²) < 4.78 is 29.9. The van der Waals surface area contributed by atoms with Crippen LogP contribution in [0.1, 0.15) is 44.4 Å². The van der Waals surface area contributed by atoms with Gasteiger partial charge in [-0.1, -0.05) is 20.3 Å². The molecule has 134 valence electrons. The van der Waals surface area contributed by atoms with E-state index < -0.39 is 7.52 Å². The SMILES string of the molecule is CCCCP(=O)(NCCC)OCc1cc2cc(C)cc(OC)c2o1. The van der Waals surface area contributed by atoms with E-state index in [1.807, 2.05) is 32.0 Å². The highest BCUT2D eigenvalue weighted by molar-refractivity contribution is 7.56. The number of benzene rings is 1. The predicted octanol–water partition coefficient (Wildman–Crippen LogP) is 5.26. The number of hydrogen-bond acceptors (Lipinski definition) is 4. The number of unbranched alkanes of at least 4 members (excludes halogenated alkanes) is 1. The summed E-state index contributed by atoms with van der Waals surface area (Å²) in [7, 11) is -1.21. The average Bonchev–Trinajstić information content (AvgIpc) is 2.98. The molecule has 1 N–H and O–H groups in total. The van der Waals surface area contributed by atoms with Gasteiger partial charge in [-0.2, -0.15) is 0 Å². The summed E-state index contributed by atoms with van der Waals surface area (Å²) in [5.41, 5.74) is 1.80. The second-order valence-corrected chi connectivity index (χ2v) is 8.40. The van der Waals surface area contributed by atoms with E-state index in [4.69, 9.17) is 13.7 Å². The van der Waals surface area contributed by atoms with Crippen molar-refractivity contribution in [2.45, 2.75) is 46.6 Å². The van der Waals surface area contributed by atoms with Crippen LogP contribution in [0, 0.1) is 6.92 Å². The Kier molecular flexibility index (Phi) is 6.90. The molecular formula is C18H28NO4P. The Morgan fingerprint density at radius 1 is 1.21 bits per heavy atom. The molecule has 24 heavy (non-hydrogen) atoms. The van der Waals surface area contributed by atoms with Crippen molar-refractivity contribution >= 4 is 18.5 Å². The monoisotopic (exact) mass is 353 g/mol. The Bertz CT molecular complexity index is 698. The average molecular weight is 353 g/mol. The number of aryl methyl sites for hydroxylation is 1. The van der Waals surface area contributed by atoms with Crippen molar-refractivity contribution in [2.75, 3.05) is 19.8 Å². The molecule has 0 saturated heterocycles. The molecule has 2 rings (SSSR count). The number of furan rings is 1. The molecule has 0 spiro atoms.